The molecule has 2 aromatic carbocycles. The van der Waals surface area contributed by atoms with Gasteiger partial charge in [0.05, 0.1) is 11.8 Å². The first-order valence-electron chi connectivity index (χ1n) is 9.14. The smallest absolute Gasteiger partial charge is 0.343 e. The van der Waals surface area contributed by atoms with E-state index in [-0.39, 0.29) is 11.8 Å². The lowest BCUT2D eigenvalue weighted by atomic mass is 10.1. The summed E-state index contributed by atoms with van der Waals surface area (Å²) in [5, 5.41) is 0. The van der Waals surface area contributed by atoms with E-state index in [1.165, 1.54) is 17.7 Å². The number of hydrogen-bond acceptors (Lipinski definition) is 3. The summed E-state index contributed by atoms with van der Waals surface area (Å²) < 4.78 is 18.3. The monoisotopic (exact) mass is 363 g/mol. The molecule has 0 saturated carbocycles. The molecule has 0 aliphatic heterocycles. The van der Waals surface area contributed by atoms with Crippen molar-refractivity contribution in [3.8, 4) is 5.75 Å². The topological polar surface area (TPSA) is 39.2 Å². The zero-order valence-corrected chi connectivity index (χ0v) is 15.3. The van der Waals surface area contributed by atoms with Gasteiger partial charge in [-0.1, -0.05) is 37.6 Å². The van der Waals surface area contributed by atoms with Crippen LogP contribution < -0.4 is 4.74 Å². The largest absolute Gasteiger partial charge is 0.421 e. The normalized spacial score (nSPS) is 10.6. The molecule has 0 radical (unpaired) electrons. The fourth-order valence-electron chi connectivity index (χ4n) is 2.80. The van der Waals surface area contributed by atoms with Crippen molar-refractivity contribution in [1.29, 1.82) is 0 Å². The van der Waals surface area contributed by atoms with E-state index in [9.17, 15) is 9.18 Å². The van der Waals surface area contributed by atoms with Crippen molar-refractivity contribution in [2.75, 3.05) is 0 Å². The molecule has 4 heteroatoms. The SMILES string of the molecule is CCCc1ccc(C(=O)Oc2ccc(CCc3ccc(F)cc3)nc2)cc1. The number of hydrogen-bond donors (Lipinski definition) is 0. The number of esters is 1. The molecule has 0 N–H and O–H groups in total. The molecule has 0 fully saturated rings. The Kier molecular flexibility index (Phi) is 6.31. The van der Waals surface area contributed by atoms with Crippen LogP contribution in [-0.4, -0.2) is 11.0 Å². The number of carbonyl (C=O) groups is 1. The molecule has 0 atom stereocenters. The molecule has 0 aliphatic carbocycles. The van der Waals surface area contributed by atoms with Crippen molar-refractivity contribution in [2.24, 2.45) is 0 Å². The molecule has 3 aromatic rings. The molecule has 138 valence electrons. The summed E-state index contributed by atoms with van der Waals surface area (Å²) in [5.41, 5.74) is 3.68. The Morgan fingerprint density at radius 3 is 2.19 bits per heavy atom. The van der Waals surface area contributed by atoms with Crippen molar-refractivity contribution in [2.45, 2.75) is 32.6 Å². The first-order chi connectivity index (χ1) is 13.1. The summed E-state index contributed by atoms with van der Waals surface area (Å²) in [4.78, 5) is 16.6. The summed E-state index contributed by atoms with van der Waals surface area (Å²) in [6.07, 6.45) is 5.14. The van der Waals surface area contributed by atoms with Crippen LogP contribution in [-0.2, 0) is 19.3 Å². The maximum absolute atomic E-state index is 12.9. The van der Waals surface area contributed by atoms with E-state index in [0.717, 1.165) is 36.9 Å². The quantitative estimate of drug-likeness (QED) is 0.543. The second-order valence-electron chi connectivity index (χ2n) is 6.45. The zero-order chi connectivity index (χ0) is 19.1. The number of halogens is 1. The Morgan fingerprint density at radius 2 is 1.56 bits per heavy atom. The van der Waals surface area contributed by atoms with E-state index in [1.54, 1.807) is 36.5 Å². The van der Waals surface area contributed by atoms with Crippen molar-refractivity contribution < 1.29 is 13.9 Å². The Labute approximate surface area is 158 Å². The van der Waals surface area contributed by atoms with Gasteiger partial charge in [-0.15, -0.1) is 0 Å². The number of rotatable bonds is 7. The molecule has 3 rings (SSSR count). The van der Waals surface area contributed by atoms with Crippen LogP contribution in [0.5, 0.6) is 5.75 Å². The lowest BCUT2D eigenvalue weighted by molar-refractivity contribution is 0.0734. The van der Waals surface area contributed by atoms with Gasteiger partial charge in [0.25, 0.3) is 0 Å². The molecule has 0 amide bonds. The first kappa shape index (κ1) is 18.8. The highest BCUT2D eigenvalue weighted by molar-refractivity contribution is 5.91. The second kappa shape index (κ2) is 9.08. The summed E-state index contributed by atoms with van der Waals surface area (Å²) in [7, 11) is 0. The minimum absolute atomic E-state index is 0.233. The standard InChI is InChI=1S/C23H22FNO2/c1-2-3-17-4-9-19(10-5-17)23(26)27-22-15-14-21(25-16-22)13-8-18-6-11-20(24)12-7-18/h4-7,9-12,14-16H,2-3,8,13H2,1H3. The van der Waals surface area contributed by atoms with Crippen LogP contribution in [0.4, 0.5) is 4.39 Å². The maximum Gasteiger partial charge on any atom is 0.343 e. The van der Waals surface area contributed by atoms with E-state index < -0.39 is 0 Å². The van der Waals surface area contributed by atoms with Crippen molar-refractivity contribution in [3.63, 3.8) is 0 Å². The highest BCUT2D eigenvalue weighted by Gasteiger charge is 2.09. The van der Waals surface area contributed by atoms with E-state index in [1.807, 2.05) is 18.2 Å². The van der Waals surface area contributed by atoms with Crippen LogP contribution in [0.15, 0.2) is 66.9 Å². The molecule has 0 saturated heterocycles. The Morgan fingerprint density at radius 1 is 0.889 bits per heavy atom. The van der Waals surface area contributed by atoms with Crippen LogP contribution in [0.25, 0.3) is 0 Å². The molecule has 0 unspecified atom stereocenters. The Bertz CT molecular complexity index is 872. The molecule has 27 heavy (non-hydrogen) atoms. The number of aryl methyl sites for hydroxylation is 3. The highest BCUT2D eigenvalue weighted by Crippen LogP contribution is 2.15. The lowest BCUT2D eigenvalue weighted by Crippen LogP contribution is -2.09. The number of aromatic nitrogens is 1. The van der Waals surface area contributed by atoms with E-state index >= 15 is 0 Å². The van der Waals surface area contributed by atoms with Gasteiger partial charge in [0.1, 0.15) is 11.6 Å². The fourth-order valence-corrected chi connectivity index (χ4v) is 2.80. The number of ether oxygens (including phenoxy) is 1. The third-order valence-electron chi connectivity index (χ3n) is 4.32. The zero-order valence-electron chi connectivity index (χ0n) is 15.3. The van der Waals surface area contributed by atoms with Crippen molar-refractivity contribution >= 4 is 5.97 Å². The molecule has 3 nitrogen and oxygen atoms in total. The molecule has 0 aliphatic rings. The second-order valence-corrected chi connectivity index (χ2v) is 6.45. The number of carbonyl (C=O) groups excluding carboxylic acids is 1. The van der Waals surface area contributed by atoms with Crippen LogP contribution >= 0.6 is 0 Å². The first-order valence-corrected chi connectivity index (χ1v) is 9.14. The lowest BCUT2D eigenvalue weighted by Gasteiger charge is -2.06. The summed E-state index contributed by atoms with van der Waals surface area (Å²) in [6.45, 7) is 2.12. The maximum atomic E-state index is 12.9. The predicted octanol–water partition coefficient (Wildman–Crippen LogP) is 5.18. The Hall–Kier alpha value is -3.01. The van der Waals surface area contributed by atoms with Gasteiger partial charge in [-0.05, 0) is 66.8 Å². The van der Waals surface area contributed by atoms with Crippen molar-refractivity contribution in [3.05, 3.63) is 95.1 Å². The van der Waals surface area contributed by atoms with Gasteiger partial charge in [0, 0.05) is 5.69 Å². The highest BCUT2D eigenvalue weighted by atomic mass is 19.1. The van der Waals surface area contributed by atoms with Gasteiger partial charge >= 0.3 is 5.97 Å². The van der Waals surface area contributed by atoms with Crippen LogP contribution in [0.1, 0.15) is 40.5 Å². The summed E-state index contributed by atoms with van der Waals surface area (Å²) in [6, 6.07) is 17.5. The average molecular weight is 363 g/mol. The molecular formula is C23H22FNO2. The van der Waals surface area contributed by atoms with Gasteiger partial charge in [0.15, 0.2) is 0 Å². The van der Waals surface area contributed by atoms with Crippen molar-refractivity contribution in [1.82, 2.24) is 4.98 Å². The van der Waals surface area contributed by atoms with Gasteiger partial charge in [-0.2, -0.15) is 0 Å². The molecule has 0 bridgehead atoms. The Balaban J connectivity index is 1.55. The molecule has 1 aromatic heterocycles. The van der Waals surface area contributed by atoms with Crippen LogP contribution in [0.2, 0.25) is 0 Å². The van der Waals surface area contributed by atoms with E-state index in [2.05, 4.69) is 11.9 Å². The summed E-state index contributed by atoms with van der Waals surface area (Å²) in [5.74, 6) is -0.204. The number of pyridine rings is 1. The summed E-state index contributed by atoms with van der Waals surface area (Å²) >= 11 is 0. The van der Waals surface area contributed by atoms with Crippen LogP contribution in [0.3, 0.4) is 0 Å². The minimum atomic E-state index is -0.390. The van der Waals surface area contributed by atoms with E-state index in [4.69, 9.17) is 4.74 Å². The number of benzene rings is 2. The fraction of sp³-hybridized carbons (Fsp3) is 0.217. The van der Waals surface area contributed by atoms with Gasteiger partial charge in [-0.25, -0.2) is 9.18 Å². The number of nitrogens with zero attached hydrogens (tertiary/aromatic N) is 1. The average Bonchev–Trinajstić information content (AvgIpc) is 2.69. The minimum Gasteiger partial charge on any atom is -0.421 e. The van der Waals surface area contributed by atoms with Gasteiger partial charge in [-0.3, -0.25) is 4.98 Å². The third kappa shape index (κ3) is 5.48. The van der Waals surface area contributed by atoms with Gasteiger partial charge in [0.2, 0.25) is 0 Å². The molecule has 1 heterocycles. The molecule has 0 spiro atoms. The third-order valence-corrected chi connectivity index (χ3v) is 4.32. The van der Waals surface area contributed by atoms with E-state index in [0.29, 0.717) is 11.3 Å². The predicted molar refractivity (Wildman–Crippen MR) is 103 cm³/mol. The van der Waals surface area contributed by atoms with Crippen LogP contribution in [0, 0.1) is 5.82 Å². The van der Waals surface area contributed by atoms with Gasteiger partial charge < -0.3 is 4.74 Å². The molecular weight excluding hydrogens is 341 g/mol.